The summed E-state index contributed by atoms with van der Waals surface area (Å²) in [5, 5.41) is 0. The Morgan fingerprint density at radius 2 is 1.26 bits per heavy atom. The van der Waals surface area contributed by atoms with Gasteiger partial charge in [-0.25, -0.2) is 0 Å². The molecular weight excluding hydrogens is 396 g/mol. The van der Waals surface area contributed by atoms with E-state index in [1.807, 2.05) is 12.1 Å². The highest BCUT2D eigenvalue weighted by Crippen LogP contribution is 2.15. The number of carbonyl (C=O) groups is 1. The van der Waals surface area contributed by atoms with Crippen LogP contribution in [0.5, 0.6) is 5.75 Å². The summed E-state index contributed by atoms with van der Waals surface area (Å²) in [6.07, 6.45) is 10.8. The maximum Gasteiger partial charge on any atom is 0.307 e. The third-order valence-electron chi connectivity index (χ3n) is 4.91. The minimum absolute atomic E-state index is 0.265. The topological polar surface area (TPSA) is 63.2 Å². The fourth-order valence-electron chi connectivity index (χ4n) is 3.06. The summed E-state index contributed by atoms with van der Waals surface area (Å²) in [5.41, 5.74) is 1.38. The lowest BCUT2D eigenvalue weighted by Crippen LogP contribution is -2.13. The predicted octanol–water partition coefficient (Wildman–Crippen LogP) is 4.97. The Morgan fingerprint density at radius 1 is 0.710 bits per heavy atom. The van der Waals surface area contributed by atoms with E-state index in [9.17, 15) is 4.79 Å². The van der Waals surface area contributed by atoms with Crippen molar-refractivity contribution in [1.29, 1.82) is 0 Å². The van der Waals surface area contributed by atoms with Crippen molar-refractivity contribution in [2.45, 2.75) is 64.7 Å². The van der Waals surface area contributed by atoms with Crippen molar-refractivity contribution in [3.63, 3.8) is 0 Å². The van der Waals surface area contributed by atoms with Gasteiger partial charge >= 0.3 is 5.97 Å². The van der Waals surface area contributed by atoms with Crippen LogP contribution in [0.25, 0.3) is 0 Å². The molecule has 0 saturated heterocycles. The third-order valence-corrected chi connectivity index (χ3v) is 4.91. The van der Waals surface area contributed by atoms with Gasteiger partial charge in [0.05, 0.1) is 53.2 Å². The Labute approximate surface area is 188 Å². The standard InChI is InChI=1S/C25H42O6/c1-3-4-5-6-7-8-9-10-23-11-13-24(14-12-23)31-22-21-30-20-19-29-18-17-28-16-15-25(26)27-2/h11-14H,3-10,15-22H2,1-2H3. The number of carbonyl (C=O) groups excluding carboxylic acids is 1. The van der Waals surface area contributed by atoms with E-state index in [-0.39, 0.29) is 12.4 Å². The summed E-state index contributed by atoms with van der Waals surface area (Å²) >= 11 is 0. The number of methoxy groups -OCH3 is 1. The van der Waals surface area contributed by atoms with Gasteiger partial charge in [0.1, 0.15) is 12.4 Å². The molecule has 0 fully saturated rings. The summed E-state index contributed by atoms with van der Waals surface area (Å²) < 4.78 is 26.4. The van der Waals surface area contributed by atoms with Gasteiger partial charge in [-0.2, -0.15) is 0 Å². The Kier molecular flexibility index (Phi) is 17.9. The number of aryl methyl sites for hydroxylation is 1. The Bertz CT molecular complexity index is 531. The molecule has 0 amide bonds. The first-order chi connectivity index (χ1) is 15.3. The van der Waals surface area contributed by atoms with Crippen LogP contribution in [0, 0.1) is 0 Å². The van der Waals surface area contributed by atoms with Gasteiger partial charge in [-0.3, -0.25) is 4.79 Å². The molecule has 0 aliphatic carbocycles. The van der Waals surface area contributed by atoms with Gasteiger partial charge in [0.15, 0.2) is 0 Å². The molecule has 0 saturated carbocycles. The first kappa shape index (κ1) is 27.4. The smallest absolute Gasteiger partial charge is 0.307 e. The van der Waals surface area contributed by atoms with Gasteiger partial charge in [0.2, 0.25) is 0 Å². The molecule has 1 aromatic rings. The molecule has 1 rings (SSSR count). The largest absolute Gasteiger partial charge is 0.491 e. The molecule has 0 atom stereocenters. The Balaban J connectivity index is 1.90. The van der Waals surface area contributed by atoms with Crippen LogP contribution in [0.15, 0.2) is 24.3 Å². The maximum atomic E-state index is 10.9. The van der Waals surface area contributed by atoms with Crippen LogP contribution >= 0.6 is 0 Å². The molecule has 0 bridgehead atoms. The van der Waals surface area contributed by atoms with Crippen molar-refractivity contribution < 1.29 is 28.5 Å². The van der Waals surface area contributed by atoms with E-state index >= 15 is 0 Å². The number of rotatable bonds is 21. The Morgan fingerprint density at radius 3 is 1.87 bits per heavy atom. The molecular formula is C25H42O6. The van der Waals surface area contributed by atoms with Gasteiger partial charge < -0.3 is 23.7 Å². The fourth-order valence-corrected chi connectivity index (χ4v) is 3.06. The van der Waals surface area contributed by atoms with E-state index < -0.39 is 0 Å². The second-order valence-electron chi connectivity index (χ2n) is 7.53. The number of esters is 1. The third kappa shape index (κ3) is 16.7. The lowest BCUT2D eigenvalue weighted by molar-refractivity contribution is -0.141. The molecule has 0 aliphatic rings. The van der Waals surface area contributed by atoms with E-state index in [1.54, 1.807) is 0 Å². The molecule has 0 N–H and O–H groups in total. The number of benzene rings is 1. The van der Waals surface area contributed by atoms with Gasteiger partial charge in [-0.1, -0.05) is 57.6 Å². The number of hydrogen-bond donors (Lipinski definition) is 0. The lowest BCUT2D eigenvalue weighted by atomic mass is 10.0. The van der Waals surface area contributed by atoms with Crippen LogP contribution in [0.2, 0.25) is 0 Å². The van der Waals surface area contributed by atoms with E-state index in [2.05, 4.69) is 23.8 Å². The zero-order valence-corrected chi connectivity index (χ0v) is 19.6. The summed E-state index contributed by atoms with van der Waals surface area (Å²) in [6, 6.07) is 8.41. The molecule has 6 nitrogen and oxygen atoms in total. The van der Waals surface area contributed by atoms with Gasteiger partial charge in [0.25, 0.3) is 0 Å². The first-order valence-corrected chi connectivity index (χ1v) is 11.8. The summed E-state index contributed by atoms with van der Waals surface area (Å²) in [6.45, 7) is 5.61. The average molecular weight is 439 g/mol. The van der Waals surface area contributed by atoms with Crippen molar-refractivity contribution in [3.05, 3.63) is 29.8 Å². The molecule has 0 aromatic heterocycles. The van der Waals surface area contributed by atoms with Crippen molar-refractivity contribution in [3.8, 4) is 5.75 Å². The summed E-state index contributed by atoms with van der Waals surface area (Å²) in [7, 11) is 1.37. The lowest BCUT2D eigenvalue weighted by Gasteiger charge is -2.09. The van der Waals surface area contributed by atoms with E-state index in [4.69, 9.17) is 18.9 Å². The average Bonchev–Trinajstić information content (AvgIpc) is 2.79. The zero-order valence-electron chi connectivity index (χ0n) is 19.6. The molecule has 0 unspecified atom stereocenters. The molecule has 31 heavy (non-hydrogen) atoms. The Hall–Kier alpha value is -1.63. The monoisotopic (exact) mass is 438 g/mol. The zero-order chi connectivity index (χ0) is 22.4. The van der Waals surface area contributed by atoms with E-state index in [0.717, 1.165) is 12.2 Å². The molecule has 0 aliphatic heterocycles. The predicted molar refractivity (Wildman–Crippen MR) is 123 cm³/mol. The fraction of sp³-hybridized carbons (Fsp3) is 0.720. The van der Waals surface area contributed by atoms with Crippen LogP contribution in [-0.2, 0) is 30.2 Å². The van der Waals surface area contributed by atoms with Crippen LogP contribution in [-0.4, -0.2) is 59.3 Å². The molecule has 0 spiro atoms. The minimum atomic E-state index is -0.268. The molecule has 178 valence electrons. The number of unbranched alkanes of at least 4 members (excludes halogenated alkanes) is 6. The van der Waals surface area contributed by atoms with Gasteiger partial charge in [0, 0.05) is 0 Å². The van der Waals surface area contributed by atoms with Crippen LogP contribution in [0.3, 0.4) is 0 Å². The maximum absolute atomic E-state index is 10.9. The quantitative estimate of drug-likeness (QED) is 0.199. The second-order valence-corrected chi connectivity index (χ2v) is 7.53. The van der Waals surface area contributed by atoms with Crippen molar-refractivity contribution in [1.82, 2.24) is 0 Å². The van der Waals surface area contributed by atoms with Gasteiger partial charge in [-0.15, -0.1) is 0 Å². The molecule has 1 aromatic carbocycles. The van der Waals surface area contributed by atoms with Crippen LogP contribution in [0.4, 0.5) is 0 Å². The van der Waals surface area contributed by atoms with Crippen LogP contribution in [0.1, 0.15) is 63.9 Å². The highest BCUT2D eigenvalue weighted by Gasteiger charge is 2.00. The SMILES string of the molecule is CCCCCCCCCc1ccc(OCCOCCOCCOCCC(=O)OC)cc1. The molecule has 0 radical (unpaired) electrons. The molecule has 0 heterocycles. The van der Waals surface area contributed by atoms with E-state index in [0.29, 0.717) is 46.2 Å². The number of hydrogen-bond acceptors (Lipinski definition) is 6. The highest BCUT2D eigenvalue weighted by atomic mass is 16.6. The van der Waals surface area contributed by atoms with Gasteiger partial charge in [-0.05, 0) is 30.5 Å². The van der Waals surface area contributed by atoms with Crippen molar-refractivity contribution in [2.75, 3.05) is 53.4 Å². The summed E-state index contributed by atoms with van der Waals surface area (Å²) in [5.74, 6) is 0.614. The highest BCUT2D eigenvalue weighted by molar-refractivity contribution is 5.69. The molecule has 6 heteroatoms. The number of ether oxygens (including phenoxy) is 5. The normalized spacial score (nSPS) is 10.9. The van der Waals surface area contributed by atoms with Crippen molar-refractivity contribution >= 4 is 5.97 Å². The van der Waals surface area contributed by atoms with E-state index in [1.165, 1.54) is 57.6 Å². The minimum Gasteiger partial charge on any atom is -0.491 e. The van der Waals surface area contributed by atoms with Crippen LogP contribution < -0.4 is 4.74 Å². The van der Waals surface area contributed by atoms with Crippen molar-refractivity contribution in [2.24, 2.45) is 0 Å². The summed E-state index contributed by atoms with van der Waals surface area (Å²) in [4.78, 5) is 10.9. The first-order valence-electron chi connectivity index (χ1n) is 11.8. The second kappa shape index (κ2) is 20.3.